The first-order valence-electron chi connectivity index (χ1n) is 13.5. The van der Waals surface area contributed by atoms with Crippen molar-refractivity contribution in [3.05, 3.63) is 172 Å². The van der Waals surface area contributed by atoms with Crippen LogP contribution in [0.15, 0.2) is 152 Å². The molecule has 0 saturated carbocycles. The maximum absolute atomic E-state index is 7.50. The second kappa shape index (κ2) is 24.6. The molecule has 0 fully saturated rings. The van der Waals surface area contributed by atoms with Crippen LogP contribution in [0.1, 0.15) is 0 Å². The van der Waals surface area contributed by atoms with E-state index in [1.54, 1.807) is 5.30 Å². The fourth-order valence-corrected chi connectivity index (χ4v) is 13.3. The minimum atomic E-state index is -0.366. The van der Waals surface area contributed by atoms with Gasteiger partial charge in [0.2, 0.25) is 0 Å². The van der Waals surface area contributed by atoms with Gasteiger partial charge in [0.05, 0.1) is 0 Å². The summed E-state index contributed by atoms with van der Waals surface area (Å²) < 4.78 is 22.5. The number of hydrogen-bond acceptors (Lipinski definition) is 0. The van der Waals surface area contributed by atoms with Crippen molar-refractivity contribution < 1.29 is 35.0 Å². The summed E-state index contributed by atoms with van der Waals surface area (Å²) in [6.07, 6.45) is 5.00. The molecule has 220 valence electrons. The van der Waals surface area contributed by atoms with E-state index in [-0.39, 0.29) is 44.8 Å². The van der Waals surface area contributed by atoms with Crippen molar-refractivity contribution in [1.82, 2.24) is 0 Å². The molecule has 0 heterocycles. The van der Waals surface area contributed by atoms with Gasteiger partial charge < -0.3 is 0 Å². The van der Waals surface area contributed by atoms with Crippen molar-refractivity contribution in [2.24, 2.45) is 0 Å². The molecule has 0 N–H and O–H groups in total. The van der Waals surface area contributed by atoms with Gasteiger partial charge in [-0.1, -0.05) is 160 Å². The Morgan fingerprint density at radius 2 is 0.523 bits per heavy atom. The minimum absolute atomic E-state index is 0. The normalized spacial score (nSPS) is 9.66. The zero-order valence-corrected chi connectivity index (χ0v) is 29.9. The summed E-state index contributed by atoms with van der Waals surface area (Å²) in [7, 11) is -0.982. The third-order valence-corrected chi connectivity index (χ3v) is 14.9. The molecule has 0 amide bonds. The number of rotatable bonds is 11. The van der Waals surface area contributed by atoms with Crippen LogP contribution in [0.4, 0.5) is 0 Å². The summed E-state index contributed by atoms with van der Waals surface area (Å²) in [5.41, 5.74) is 0. The van der Waals surface area contributed by atoms with Crippen molar-refractivity contribution in [3.8, 4) is 0 Å². The van der Waals surface area contributed by atoms with E-state index >= 15 is 0 Å². The summed E-state index contributed by atoms with van der Waals surface area (Å²) in [5, 5.41) is 7.50. The van der Waals surface area contributed by atoms with Crippen LogP contribution in [0.2, 0.25) is 0 Å². The number of benzene rings is 5. The molecule has 0 aliphatic carbocycles. The Kier molecular flexibility index (Phi) is 22.0. The molecule has 0 saturated heterocycles. The largest absolute Gasteiger partial charge is 0.0746 e. The monoisotopic (exact) mass is 802 g/mol. The average Bonchev–Trinajstić information content (AvgIpc) is 3.12. The van der Waals surface area contributed by atoms with Gasteiger partial charge in [-0.15, -0.1) is 0 Å². The molecule has 5 aromatic carbocycles. The smallest absolute Gasteiger partial charge is 0 e. The third-order valence-electron chi connectivity index (χ3n) is 6.58. The van der Waals surface area contributed by atoms with Crippen LogP contribution in [-0.2, 0) is 35.0 Å². The van der Waals surface area contributed by atoms with Crippen molar-refractivity contribution in [2.45, 2.75) is 0 Å². The Hall–Kier alpha value is -2.70. The Morgan fingerprint density at radius 1 is 0.318 bits per heavy atom. The standard InChI is InChI=1S/C34H33P3.3CO.W/c1-6-16-30(17-7-1)35(26-28-36(31-18-8-2-9-19-31)32-20-10-3-11-21-32)27-29-37(33-22-12-4-13-23-33)34-24-14-5-15-25-34;3*1-2;/h1-25H,26-29H2;;;;. The molecule has 0 atom stereocenters. The topological polar surface area (TPSA) is 59.7 Å². The molecule has 0 unspecified atom stereocenters. The number of hydrogen-bond donors (Lipinski definition) is 0. The van der Waals surface area contributed by atoms with Crippen molar-refractivity contribution in [2.75, 3.05) is 24.6 Å². The van der Waals surface area contributed by atoms with E-state index in [9.17, 15) is 0 Å². The van der Waals surface area contributed by atoms with Gasteiger partial charge in [0.15, 0.2) is 0 Å². The molecule has 0 bridgehead atoms. The van der Waals surface area contributed by atoms with Crippen molar-refractivity contribution >= 4 is 50.3 Å². The molecule has 0 aliphatic rings. The molecule has 3 nitrogen and oxygen atoms in total. The first-order chi connectivity index (χ1) is 21.4. The van der Waals surface area contributed by atoms with Crippen LogP contribution in [0.3, 0.4) is 0 Å². The Labute approximate surface area is 280 Å². The Morgan fingerprint density at radius 3 is 0.750 bits per heavy atom. The van der Waals surface area contributed by atoms with E-state index in [1.807, 2.05) is 0 Å². The fourth-order valence-electron chi connectivity index (χ4n) is 4.70. The van der Waals surface area contributed by atoms with Gasteiger partial charge in [0, 0.05) is 21.1 Å². The first-order valence-corrected chi connectivity index (χ1v) is 18.3. The van der Waals surface area contributed by atoms with Gasteiger partial charge in [0.25, 0.3) is 0 Å². The molecule has 5 rings (SSSR count). The summed E-state index contributed by atoms with van der Waals surface area (Å²) in [6.45, 7) is 13.5. The molecule has 0 aromatic heterocycles. The van der Waals surface area contributed by atoms with Gasteiger partial charge in [-0.2, -0.15) is 0 Å². The SMILES string of the molecule is [C-]#[O+].[C-]#[O+].[C-]#[O+].[W].c1ccc(P(CCP(c2ccccc2)c2ccccc2)CCP(c2ccccc2)c2ccccc2)cc1. The van der Waals surface area contributed by atoms with Crippen LogP contribution in [0, 0.1) is 20.0 Å². The predicted octanol–water partition coefficient (Wildman–Crippen LogP) is 6.94. The average molecular weight is 802 g/mol. The molecular weight excluding hydrogens is 769 g/mol. The molecule has 0 radical (unpaired) electrons. The van der Waals surface area contributed by atoms with E-state index in [0.717, 1.165) is 0 Å². The van der Waals surface area contributed by atoms with Crippen LogP contribution < -0.4 is 26.5 Å². The first kappa shape index (κ1) is 39.3. The quantitative estimate of drug-likeness (QED) is 0.0790. The van der Waals surface area contributed by atoms with Crippen LogP contribution in [-0.4, -0.2) is 24.6 Å². The zero-order chi connectivity index (χ0) is 31.1. The van der Waals surface area contributed by atoms with Crippen LogP contribution in [0.25, 0.3) is 0 Å². The second-order valence-corrected chi connectivity index (χ2v) is 16.1. The van der Waals surface area contributed by atoms with Gasteiger partial charge in [-0.3, -0.25) is 0 Å². The Balaban J connectivity index is 0.00000130. The third kappa shape index (κ3) is 12.7. The van der Waals surface area contributed by atoms with Gasteiger partial charge in [-0.25, -0.2) is 0 Å². The van der Waals surface area contributed by atoms with Gasteiger partial charge in [-0.05, 0) is 67.0 Å². The molecule has 0 aliphatic heterocycles. The van der Waals surface area contributed by atoms with E-state index in [1.165, 1.54) is 45.9 Å². The molecule has 0 spiro atoms. The molecule has 44 heavy (non-hydrogen) atoms. The van der Waals surface area contributed by atoms with Crippen molar-refractivity contribution in [3.63, 3.8) is 0 Å². The fraction of sp³-hybridized carbons (Fsp3) is 0.108. The van der Waals surface area contributed by atoms with E-state index < -0.39 is 0 Å². The van der Waals surface area contributed by atoms with Gasteiger partial charge >= 0.3 is 33.9 Å². The van der Waals surface area contributed by atoms with E-state index in [0.29, 0.717) is 0 Å². The van der Waals surface area contributed by atoms with E-state index in [4.69, 9.17) is 14.0 Å². The van der Waals surface area contributed by atoms with Crippen LogP contribution >= 0.6 is 23.8 Å². The summed E-state index contributed by atoms with van der Waals surface area (Å²) in [6, 6.07) is 56.0. The van der Waals surface area contributed by atoms with Gasteiger partial charge in [0.1, 0.15) is 0 Å². The summed E-state index contributed by atoms with van der Waals surface area (Å²) in [4.78, 5) is 0. The second-order valence-electron chi connectivity index (χ2n) is 8.97. The zero-order valence-electron chi connectivity index (χ0n) is 24.2. The molecule has 5 aromatic rings. The van der Waals surface area contributed by atoms with Crippen molar-refractivity contribution in [1.29, 1.82) is 0 Å². The predicted molar refractivity (Wildman–Crippen MR) is 182 cm³/mol. The maximum atomic E-state index is 7.50. The van der Waals surface area contributed by atoms with E-state index in [2.05, 4.69) is 172 Å². The Bertz CT molecular complexity index is 1290. The molecule has 7 heteroatoms. The van der Waals surface area contributed by atoms with Crippen LogP contribution in [0.5, 0.6) is 0 Å². The summed E-state index contributed by atoms with van der Waals surface area (Å²) >= 11 is 0. The molecular formula is C37H33O3P3W. The maximum Gasteiger partial charge on any atom is 0 e. The minimum Gasteiger partial charge on any atom is -0.0746 e. The summed E-state index contributed by atoms with van der Waals surface area (Å²) in [5.74, 6) is 0.